The van der Waals surface area contributed by atoms with E-state index in [4.69, 9.17) is 0 Å². The highest BCUT2D eigenvalue weighted by molar-refractivity contribution is 5.90. The molecule has 1 amide bonds. The highest BCUT2D eigenvalue weighted by Gasteiger charge is 2.71. The first kappa shape index (κ1) is 16.0. The number of aromatic nitrogens is 3. The van der Waals surface area contributed by atoms with Gasteiger partial charge < -0.3 is 15.1 Å². The summed E-state index contributed by atoms with van der Waals surface area (Å²) >= 11 is 0. The van der Waals surface area contributed by atoms with Gasteiger partial charge in [0.05, 0.1) is 6.10 Å². The second kappa shape index (κ2) is 5.53. The standard InChI is InChI=1S/C17H20N4O4/c1-20-16(25)18-14(19-20)15(24)21-7-12(23)17(9-21)11(8-22)13(17)10-5-3-2-4-6-10/h2-6,11-13,22-23H,7-9H2,1H3,(H,18,19,25)/t11-,12-,13-,17-/m1/s1. The van der Waals surface area contributed by atoms with E-state index in [2.05, 4.69) is 10.1 Å². The summed E-state index contributed by atoms with van der Waals surface area (Å²) in [7, 11) is 1.46. The number of carbonyl (C=O) groups is 1. The van der Waals surface area contributed by atoms with Crippen LogP contribution in [0.4, 0.5) is 0 Å². The first-order valence-electron chi connectivity index (χ1n) is 8.25. The van der Waals surface area contributed by atoms with E-state index in [0.717, 1.165) is 10.2 Å². The van der Waals surface area contributed by atoms with E-state index in [9.17, 15) is 19.8 Å². The van der Waals surface area contributed by atoms with Crippen molar-refractivity contribution in [1.29, 1.82) is 0 Å². The van der Waals surface area contributed by atoms with Gasteiger partial charge in [0.1, 0.15) is 0 Å². The average Bonchev–Trinajstić information content (AvgIpc) is 2.97. The Morgan fingerprint density at radius 3 is 2.72 bits per heavy atom. The number of hydrogen-bond donors (Lipinski definition) is 3. The van der Waals surface area contributed by atoms with Crippen molar-refractivity contribution < 1.29 is 15.0 Å². The molecule has 0 radical (unpaired) electrons. The van der Waals surface area contributed by atoms with Crippen LogP contribution in [0.25, 0.3) is 0 Å². The quantitative estimate of drug-likeness (QED) is 0.683. The Balaban J connectivity index is 1.61. The number of nitrogens with one attached hydrogen (secondary N) is 1. The van der Waals surface area contributed by atoms with Gasteiger partial charge in [0, 0.05) is 32.2 Å². The Labute approximate surface area is 143 Å². The van der Waals surface area contributed by atoms with Gasteiger partial charge in [-0.1, -0.05) is 30.3 Å². The van der Waals surface area contributed by atoms with Crippen LogP contribution in [-0.4, -0.2) is 61.6 Å². The minimum absolute atomic E-state index is 0.00859. The fraction of sp³-hybridized carbons (Fsp3) is 0.471. The van der Waals surface area contributed by atoms with Gasteiger partial charge in [0.25, 0.3) is 5.91 Å². The molecule has 2 fully saturated rings. The third-order valence-corrected chi connectivity index (χ3v) is 5.66. The zero-order valence-electron chi connectivity index (χ0n) is 13.8. The lowest BCUT2D eigenvalue weighted by Crippen LogP contribution is -2.31. The summed E-state index contributed by atoms with van der Waals surface area (Å²) in [4.78, 5) is 28.0. The lowest BCUT2D eigenvalue weighted by Gasteiger charge is -2.15. The van der Waals surface area contributed by atoms with Gasteiger partial charge in [0.2, 0.25) is 5.82 Å². The molecule has 2 aliphatic rings. The summed E-state index contributed by atoms with van der Waals surface area (Å²) in [6.07, 6.45) is -0.728. The number of aromatic amines is 1. The molecule has 1 aromatic heterocycles. The van der Waals surface area contributed by atoms with Gasteiger partial charge in [-0.2, -0.15) is 0 Å². The molecule has 25 heavy (non-hydrogen) atoms. The van der Waals surface area contributed by atoms with Crippen molar-refractivity contribution in [2.75, 3.05) is 19.7 Å². The minimum atomic E-state index is -0.728. The van der Waals surface area contributed by atoms with Crippen LogP contribution in [0.15, 0.2) is 35.1 Å². The highest BCUT2D eigenvalue weighted by atomic mass is 16.3. The smallest absolute Gasteiger partial charge is 0.343 e. The van der Waals surface area contributed by atoms with E-state index in [1.54, 1.807) is 0 Å². The minimum Gasteiger partial charge on any atom is -0.396 e. The van der Waals surface area contributed by atoms with Crippen molar-refractivity contribution in [1.82, 2.24) is 19.7 Å². The van der Waals surface area contributed by atoms with Crippen molar-refractivity contribution >= 4 is 5.91 Å². The molecular weight excluding hydrogens is 324 g/mol. The van der Waals surface area contributed by atoms with Crippen LogP contribution >= 0.6 is 0 Å². The zero-order chi connectivity index (χ0) is 17.8. The Morgan fingerprint density at radius 2 is 2.12 bits per heavy atom. The molecule has 1 saturated heterocycles. The van der Waals surface area contributed by atoms with Crippen LogP contribution in [0.3, 0.4) is 0 Å². The summed E-state index contributed by atoms with van der Waals surface area (Å²) in [5, 5.41) is 24.4. The van der Waals surface area contributed by atoms with E-state index in [1.807, 2.05) is 30.3 Å². The lowest BCUT2D eigenvalue weighted by atomic mass is 9.95. The normalized spacial score (nSPS) is 30.8. The molecule has 8 heteroatoms. The first-order valence-corrected chi connectivity index (χ1v) is 8.25. The number of aryl methyl sites for hydroxylation is 1. The Bertz CT molecular complexity index is 861. The van der Waals surface area contributed by atoms with Crippen LogP contribution in [0.5, 0.6) is 0 Å². The van der Waals surface area contributed by atoms with E-state index in [1.165, 1.54) is 11.9 Å². The molecule has 1 saturated carbocycles. The molecule has 2 heterocycles. The van der Waals surface area contributed by atoms with Gasteiger partial charge in [-0.25, -0.2) is 9.48 Å². The number of rotatable bonds is 3. The zero-order valence-corrected chi connectivity index (χ0v) is 13.8. The van der Waals surface area contributed by atoms with Crippen LogP contribution in [0.2, 0.25) is 0 Å². The first-order chi connectivity index (χ1) is 12.0. The maximum absolute atomic E-state index is 12.6. The Kier molecular flexibility index (Phi) is 3.55. The topological polar surface area (TPSA) is 111 Å². The maximum Gasteiger partial charge on any atom is 0.343 e. The van der Waals surface area contributed by atoms with Crippen molar-refractivity contribution in [3.63, 3.8) is 0 Å². The third kappa shape index (κ3) is 2.25. The number of β-amino-alcohol motifs (C(OH)–C–C–N with tert-alkyl or cyclic N) is 1. The van der Waals surface area contributed by atoms with E-state index in [-0.39, 0.29) is 30.8 Å². The number of hydrogen-bond acceptors (Lipinski definition) is 5. The summed E-state index contributed by atoms with van der Waals surface area (Å²) in [5.41, 5.74) is 0.0571. The number of nitrogens with zero attached hydrogens (tertiary/aromatic N) is 3. The van der Waals surface area contributed by atoms with Crippen LogP contribution in [0.1, 0.15) is 22.1 Å². The van der Waals surface area contributed by atoms with Gasteiger partial charge in [0.15, 0.2) is 0 Å². The number of H-pyrrole nitrogens is 1. The molecule has 1 aliphatic carbocycles. The number of benzene rings is 1. The van der Waals surface area contributed by atoms with Gasteiger partial charge in [-0.05, 0) is 17.4 Å². The molecule has 0 unspecified atom stereocenters. The summed E-state index contributed by atoms with van der Waals surface area (Å²) < 4.78 is 1.07. The fourth-order valence-corrected chi connectivity index (χ4v) is 4.37. The maximum atomic E-state index is 12.6. The van der Waals surface area contributed by atoms with Gasteiger partial charge in [-0.3, -0.25) is 9.78 Å². The van der Waals surface area contributed by atoms with E-state index < -0.39 is 23.1 Å². The highest BCUT2D eigenvalue weighted by Crippen LogP contribution is 2.68. The van der Waals surface area contributed by atoms with Gasteiger partial charge in [-0.15, -0.1) is 5.10 Å². The monoisotopic (exact) mass is 344 g/mol. The largest absolute Gasteiger partial charge is 0.396 e. The Morgan fingerprint density at radius 1 is 1.40 bits per heavy atom. The molecule has 132 valence electrons. The number of likely N-dealkylation sites (tertiary alicyclic amines) is 1. The van der Waals surface area contributed by atoms with Gasteiger partial charge >= 0.3 is 5.69 Å². The summed E-state index contributed by atoms with van der Waals surface area (Å²) in [5.74, 6) is -0.530. The molecule has 3 N–H and O–H groups in total. The predicted octanol–water partition coefficient (Wildman–Crippen LogP) is -0.683. The van der Waals surface area contributed by atoms with Crippen molar-refractivity contribution in [2.45, 2.75) is 12.0 Å². The molecule has 4 atom stereocenters. The predicted molar refractivity (Wildman–Crippen MR) is 87.9 cm³/mol. The molecule has 8 nitrogen and oxygen atoms in total. The van der Waals surface area contributed by atoms with E-state index in [0.29, 0.717) is 6.54 Å². The second-order valence-electron chi connectivity index (χ2n) is 6.89. The van der Waals surface area contributed by atoms with Crippen molar-refractivity contribution in [3.05, 3.63) is 52.2 Å². The molecule has 1 aliphatic heterocycles. The third-order valence-electron chi connectivity index (χ3n) is 5.66. The molecular formula is C17H20N4O4. The summed E-state index contributed by atoms with van der Waals surface area (Å²) in [6, 6.07) is 9.74. The lowest BCUT2D eigenvalue weighted by molar-refractivity contribution is 0.0752. The van der Waals surface area contributed by atoms with E-state index >= 15 is 0 Å². The number of carbonyl (C=O) groups excluding carboxylic acids is 1. The molecule has 4 rings (SSSR count). The molecule has 0 bridgehead atoms. The molecule has 1 spiro atoms. The van der Waals surface area contributed by atoms with Crippen LogP contribution in [-0.2, 0) is 7.05 Å². The number of amides is 1. The number of aliphatic hydroxyl groups excluding tert-OH is 2. The fourth-order valence-electron chi connectivity index (χ4n) is 4.37. The number of aliphatic hydroxyl groups is 2. The Hall–Kier alpha value is -2.45. The average molecular weight is 344 g/mol. The van der Waals surface area contributed by atoms with Crippen molar-refractivity contribution in [2.24, 2.45) is 18.4 Å². The molecule has 2 aromatic rings. The second-order valence-corrected chi connectivity index (χ2v) is 6.89. The summed E-state index contributed by atoms with van der Waals surface area (Å²) in [6.45, 7) is 0.451. The SMILES string of the molecule is Cn1nc(C(=O)N2C[C@@H](O)[C@@]3(C2)[C@H](CO)[C@H]3c2ccccc2)[nH]c1=O. The van der Waals surface area contributed by atoms with Crippen molar-refractivity contribution in [3.8, 4) is 0 Å². The van der Waals surface area contributed by atoms with Crippen LogP contribution in [0, 0.1) is 11.3 Å². The van der Waals surface area contributed by atoms with Crippen LogP contribution < -0.4 is 5.69 Å². The molecule has 1 aromatic carbocycles.